The highest BCUT2D eigenvalue weighted by Crippen LogP contribution is 2.48. The predicted molar refractivity (Wildman–Crippen MR) is 284 cm³/mol. The summed E-state index contributed by atoms with van der Waals surface area (Å²) >= 11 is 14.0. The molecule has 2 amide bonds. The fourth-order valence-electron chi connectivity index (χ4n) is 9.25. The summed E-state index contributed by atoms with van der Waals surface area (Å²) in [6, 6.07) is 25.4. The molecular formula is C57H44Cl2N4O12. The van der Waals surface area contributed by atoms with Gasteiger partial charge in [-0.3, -0.25) is 19.4 Å². The van der Waals surface area contributed by atoms with Crippen LogP contribution < -0.4 is 26.7 Å². The van der Waals surface area contributed by atoms with Crippen LogP contribution in [0.4, 0.5) is 5.69 Å². The van der Waals surface area contributed by atoms with E-state index in [0.717, 1.165) is 22.9 Å². The first-order chi connectivity index (χ1) is 35.9. The number of anilines is 1. The van der Waals surface area contributed by atoms with Crippen LogP contribution in [0.1, 0.15) is 87.9 Å². The Bertz CT molecular complexity index is 3960. The molecule has 16 nitrogen and oxygen atoms in total. The normalized spacial score (nSPS) is 11.6. The number of carbonyl (C=O) groups excluding carboxylic acids is 2. The topological polar surface area (TPSA) is 258 Å². The zero-order chi connectivity index (χ0) is 53.6. The van der Waals surface area contributed by atoms with Gasteiger partial charge in [-0.25, -0.2) is 14.4 Å². The molecule has 9 rings (SSSR count). The quantitative estimate of drug-likeness (QED) is 0.0501. The van der Waals surface area contributed by atoms with Gasteiger partial charge in [0.2, 0.25) is 0 Å². The number of carboxylic acid groups (broad SMARTS) is 3. The van der Waals surface area contributed by atoms with Crippen molar-refractivity contribution in [2.45, 2.75) is 40.8 Å². The number of aromatic hydroxyl groups is 1. The number of halogens is 2. The van der Waals surface area contributed by atoms with Crippen LogP contribution in [0.25, 0.3) is 66.8 Å². The summed E-state index contributed by atoms with van der Waals surface area (Å²) in [4.78, 5) is 83.0. The first-order valence-corrected chi connectivity index (χ1v) is 24.1. The molecule has 0 saturated heterocycles. The number of hydrogen-bond acceptors (Lipinski definition) is 11. The van der Waals surface area contributed by atoms with Gasteiger partial charge in [0.25, 0.3) is 11.8 Å². The molecule has 0 radical (unpaired) electrons. The number of hydrogen-bond donors (Lipinski definition) is 7. The lowest BCUT2D eigenvalue weighted by atomic mass is 9.88. The molecule has 0 aromatic heterocycles. The summed E-state index contributed by atoms with van der Waals surface area (Å²) in [5.41, 5.74) is 3.88. The average molecular weight is 1050 g/mol. The molecule has 0 saturated carbocycles. The molecule has 2 heterocycles. The Morgan fingerprint density at radius 1 is 0.627 bits per heavy atom. The Labute approximate surface area is 436 Å². The second-order valence-corrected chi connectivity index (χ2v) is 18.3. The van der Waals surface area contributed by atoms with E-state index in [9.17, 15) is 49.2 Å². The van der Waals surface area contributed by atoms with Gasteiger partial charge < -0.3 is 45.2 Å². The number of carboxylic acids is 3. The number of benzene rings is 7. The number of nitrogens with one attached hydrogen (secondary N) is 3. The van der Waals surface area contributed by atoms with E-state index in [1.165, 1.54) is 60.7 Å². The highest BCUT2D eigenvalue weighted by Gasteiger charge is 2.31. The van der Waals surface area contributed by atoms with Gasteiger partial charge in [0.15, 0.2) is 5.43 Å². The molecule has 2 aliphatic carbocycles. The van der Waals surface area contributed by atoms with E-state index in [1.54, 1.807) is 18.2 Å². The lowest BCUT2D eigenvalue weighted by Crippen LogP contribution is -2.27. The number of rotatable bonds is 14. The number of amides is 2. The number of nitrogens with zero attached hydrogens (tertiary/aromatic N) is 1. The van der Waals surface area contributed by atoms with Gasteiger partial charge in [-0.05, 0) is 117 Å². The molecule has 0 bridgehead atoms. The highest BCUT2D eigenvalue weighted by molar-refractivity contribution is 6.41. The van der Waals surface area contributed by atoms with Crippen molar-refractivity contribution in [1.29, 1.82) is 0 Å². The summed E-state index contributed by atoms with van der Waals surface area (Å²) in [7, 11) is 0. The Balaban J connectivity index is 0.975. The van der Waals surface area contributed by atoms with Crippen molar-refractivity contribution in [1.82, 2.24) is 10.6 Å². The summed E-state index contributed by atoms with van der Waals surface area (Å²) in [6.07, 6.45) is 0. The maximum absolute atomic E-state index is 13.9. The Kier molecular flexibility index (Phi) is 13.9. The maximum atomic E-state index is 13.9. The fraction of sp³-hybridized carbons (Fsp3) is 0.140. The van der Waals surface area contributed by atoms with Crippen LogP contribution >= 0.6 is 23.2 Å². The van der Waals surface area contributed by atoms with Crippen molar-refractivity contribution in [2.24, 2.45) is 4.99 Å². The molecule has 0 unspecified atom stereocenters. The number of aromatic carboxylic acids is 3. The number of fused-ring (bicyclic) bond motifs is 4. The van der Waals surface area contributed by atoms with E-state index >= 15 is 0 Å². The van der Waals surface area contributed by atoms with Crippen LogP contribution in [-0.2, 0) is 13.1 Å². The van der Waals surface area contributed by atoms with E-state index < -0.39 is 35.2 Å². The van der Waals surface area contributed by atoms with Gasteiger partial charge >= 0.3 is 17.9 Å². The van der Waals surface area contributed by atoms with Crippen molar-refractivity contribution in [2.75, 3.05) is 18.4 Å². The second kappa shape index (κ2) is 20.5. The van der Waals surface area contributed by atoms with Gasteiger partial charge in [0.05, 0.1) is 49.8 Å². The van der Waals surface area contributed by atoms with E-state index in [4.69, 9.17) is 32.0 Å². The third kappa shape index (κ3) is 9.60. The molecule has 378 valence electrons. The molecular weight excluding hydrogens is 1000 g/mol. The van der Waals surface area contributed by atoms with Crippen molar-refractivity contribution in [3.8, 4) is 50.7 Å². The van der Waals surface area contributed by atoms with E-state index in [-0.39, 0.29) is 95.9 Å². The molecule has 75 heavy (non-hydrogen) atoms. The maximum Gasteiger partial charge on any atom is 0.337 e. The molecule has 0 atom stereocenters. The predicted octanol–water partition coefficient (Wildman–Crippen LogP) is 11.0. The third-order valence-electron chi connectivity index (χ3n) is 12.8. The minimum Gasteiger partial charge on any atom is -0.508 e. The zero-order valence-corrected chi connectivity index (χ0v) is 41.9. The van der Waals surface area contributed by atoms with Crippen LogP contribution in [0.15, 0.2) is 122 Å². The van der Waals surface area contributed by atoms with E-state index in [0.29, 0.717) is 57.3 Å². The molecule has 0 fully saturated rings. The molecule has 0 spiro atoms. The van der Waals surface area contributed by atoms with Crippen molar-refractivity contribution >= 4 is 80.6 Å². The smallest absolute Gasteiger partial charge is 0.337 e. The SMILES string of the molecule is CC/N=c1/cc2oc3cc(NCC)c(C)cc3c(-c3c(Cl)cc(C(=O)NCc4ccc(C(=O)NCc5c6oc7cc(O)ccc7c(-c7ccc(C(=O)O)cc7C(=O)O)c-6ccc5=O)cc4)c(Cl)c3C(=O)O)c-2cc1C. The zero-order valence-electron chi connectivity index (χ0n) is 40.4. The van der Waals surface area contributed by atoms with E-state index in [2.05, 4.69) is 20.9 Å². The first-order valence-electron chi connectivity index (χ1n) is 23.4. The molecule has 4 aliphatic rings. The molecule has 7 N–H and O–H groups in total. The summed E-state index contributed by atoms with van der Waals surface area (Å²) in [5, 5.41) is 51.0. The van der Waals surface area contributed by atoms with Crippen molar-refractivity contribution < 1.29 is 53.2 Å². The Hall–Kier alpha value is -8.99. The second-order valence-electron chi connectivity index (χ2n) is 17.6. The van der Waals surface area contributed by atoms with Gasteiger partial charge in [0, 0.05) is 87.7 Å². The monoisotopic (exact) mass is 1050 g/mol. The number of aryl methyl sites for hydroxylation is 2. The fourth-order valence-corrected chi connectivity index (χ4v) is 9.86. The summed E-state index contributed by atoms with van der Waals surface area (Å²) in [6.45, 7) is 8.45. The minimum atomic E-state index is -1.42. The third-order valence-corrected chi connectivity index (χ3v) is 13.5. The lowest BCUT2D eigenvalue weighted by molar-refractivity contribution is 0.0682. The summed E-state index contributed by atoms with van der Waals surface area (Å²) < 4.78 is 12.6. The largest absolute Gasteiger partial charge is 0.508 e. The molecule has 18 heteroatoms. The van der Waals surface area contributed by atoms with Gasteiger partial charge in [0.1, 0.15) is 28.4 Å². The Morgan fingerprint density at radius 3 is 2.03 bits per heavy atom. The van der Waals surface area contributed by atoms with Gasteiger partial charge in [-0.15, -0.1) is 0 Å². The minimum absolute atomic E-state index is 0.00520. The van der Waals surface area contributed by atoms with Crippen LogP contribution in [0.3, 0.4) is 0 Å². The number of phenols is 1. The van der Waals surface area contributed by atoms with Crippen molar-refractivity contribution in [3.63, 3.8) is 0 Å². The average Bonchev–Trinajstić information content (AvgIpc) is 3.38. The standard InChI is InChI=1S/C57H44Cl2N4O12/c1-5-60-41-22-45-36(17-26(41)3)48(37-18-27(4)42(61-6-2)23-46(37)74-45)49-40(58)21-38(51(59)50(49)57(72)73)54(67)62-24-28-7-9-29(10-8-28)53(66)63-25-39-43(65)16-15-34-47(33-14-12-31(64)20-44(33)75-52(34)39)32-13-11-30(55(68)69)19-35(32)56(70)71/h7-23,60,64H,5-6,24-25H2,1-4H3,(H,62,67)(H,63,66)(H,68,69)(H,70,71)(H,72,73)/b61-42-. The first kappa shape index (κ1) is 50.9. The molecule has 5 aromatic carbocycles. The van der Waals surface area contributed by atoms with Crippen LogP contribution in [0.5, 0.6) is 5.75 Å². The van der Waals surface area contributed by atoms with Crippen molar-refractivity contribution in [3.05, 3.63) is 179 Å². The van der Waals surface area contributed by atoms with Crippen LogP contribution in [-0.4, -0.2) is 63.2 Å². The van der Waals surface area contributed by atoms with Crippen LogP contribution in [0, 0.1) is 13.8 Å². The van der Waals surface area contributed by atoms with Crippen LogP contribution in [0.2, 0.25) is 10.0 Å². The molecule has 2 aliphatic heterocycles. The Morgan fingerprint density at radius 2 is 1.33 bits per heavy atom. The lowest BCUT2D eigenvalue weighted by Gasteiger charge is -2.21. The summed E-state index contributed by atoms with van der Waals surface area (Å²) in [5.74, 6) is -5.23. The molecule has 5 aromatic rings. The number of phenolic OH excluding ortho intramolecular Hbond substituents is 1. The van der Waals surface area contributed by atoms with Gasteiger partial charge in [-0.1, -0.05) is 41.4 Å². The van der Waals surface area contributed by atoms with Gasteiger partial charge in [-0.2, -0.15) is 0 Å². The number of carbonyl (C=O) groups is 5. The van der Waals surface area contributed by atoms with E-state index in [1.807, 2.05) is 45.9 Å². The highest BCUT2D eigenvalue weighted by atomic mass is 35.5.